The number of aromatic nitrogens is 3. The summed E-state index contributed by atoms with van der Waals surface area (Å²) >= 11 is 0. The van der Waals surface area contributed by atoms with Gasteiger partial charge in [0.2, 0.25) is 5.60 Å². The number of nitrogen functional groups attached to an aromatic ring is 1. The van der Waals surface area contributed by atoms with Crippen LogP contribution in [0.3, 0.4) is 0 Å². The van der Waals surface area contributed by atoms with E-state index < -0.39 is 62.2 Å². The highest BCUT2D eigenvalue weighted by molar-refractivity contribution is 7.52. The topological polar surface area (TPSA) is 225 Å². The smallest absolute Gasteiger partial charge is 0.459 e. The lowest BCUT2D eigenvalue weighted by atomic mass is 9.95. The van der Waals surface area contributed by atoms with Crippen molar-refractivity contribution in [2.24, 2.45) is 0 Å². The molecule has 5 rings (SSSR count). The third kappa shape index (κ3) is 8.23. The summed E-state index contributed by atoms with van der Waals surface area (Å²) < 4.78 is 56.2. The van der Waals surface area contributed by atoms with Crippen molar-refractivity contribution in [3.05, 3.63) is 54.5 Å². The van der Waals surface area contributed by atoms with Crippen LogP contribution in [0.5, 0.6) is 5.75 Å². The minimum atomic E-state index is -4.56. The number of rotatable bonds is 14. The lowest BCUT2D eigenvalue weighted by Gasteiger charge is -2.30. The van der Waals surface area contributed by atoms with Crippen LogP contribution >= 0.6 is 7.75 Å². The average molecular weight is 715 g/mol. The van der Waals surface area contributed by atoms with E-state index in [2.05, 4.69) is 15.2 Å². The highest BCUT2D eigenvalue weighted by Gasteiger charge is 2.62. The Labute approximate surface area is 287 Å². The summed E-state index contributed by atoms with van der Waals surface area (Å²) in [5.74, 6) is -1.88. The van der Waals surface area contributed by atoms with Crippen molar-refractivity contribution >= 4 is 37.0 Å². The van der Waals surface area contributed by atoms with Gasteiger partial charge in [0.25, 0.3) is 0 Å². The fraction of sp³-hybridized carbons (Fsp3) is 0.500. The van der Waals surface area contributed by atoms with Crippen molar-refractivity contribution in [2.45, 2.75) is 82.5 Å². The van der Waals surface area contributed by atoms with E-state index in [1.807, 2.05) is 6.07 Å². The molecule has 0 bridgehead atoms. The van der Waals surface area contributed by atoms with E-state index in [0.717, 1.165) is 0 Å². The molecule has 4 heterocycles. The molecular formula is C32H39N6O11P. The molecule has 0 saturated carbocycles. The summed E-state index contributed by atoms with van der Waals surface area (Å²) in [4.78, 5) is 42.6. The number of carbonyl (C=O) groups excluding carboxylic acids is 3. The number of benzene rings is 1. The van der Waals surface area contributed by atoms with Gasteiger partial charge in [-0.2, -0.15) is 15.4 Å². The number of ether oxygens (including phenoxy) is 5. The summed E-state index contributed by atoms with van der Waals surface area (Å²) in [7, 11) is -4.56. The van der Waals surface area contributed by atoms with Gasteiger partial charge in [-0.1, -0.05) is 32.0 Å². The van der Waals surface area contributed by atoms with Crippen LogP contribution in [0, 0.1) is 11.3 Å². The molecule has 0 amide bonds. The van der Waals surface area contributed by atoms with Gasteiger partial charge in [-0.3, -0.25) is 18.9 Å². The third-order valence-electron chi connectivity index (χ3n) is 8.06. The lowest BCUT2D eigenvalue weighted by molar-refractivity contribution is -0.169. The van der Waals surface area contributed by atoms with Gasteiger partial charge in [0.05, 0.1) is 18.9 Å². The normalized spacial score (nSPS) is 24.1. The van der Waals surface area contributed by atoms with Crippen molar-refractivity contribution in [3.8, 4) is 11.8 Å². The van der Waals surface area contributed by atoms with Gasteiger partial charge in [-0.15, -0.1) is 0 Å². The summed E-state index contributed by atoms with van der Waals surface area (Å²) in [5.41, 5.74) is 4.48. The standard InChI is InChI=1S/C32H39N6O11P/c1-4-25(39)46-28-27(23-11-12-24-30(34)35-19-36-38(23)24)48-32(17-33,29(28)47-26(40)5-2)18-44-50(42,49-22-9-7-6-8-10-22)37-20(3)31(41)45-21-13-15-43-16-14-21/h6-12,19-21,27-29H,4-5,13-16,18H2,1-3H3,(H,37,42)(H2,34,35,36)/t20-,27-,28-,29-,32+,50+/m0/s1. The largest absolute Gasteiger partial charge is 0.461 e. The van der Waals surface area contributed by atoms with Gasteiger partial charge >= 0.3 is 25.7 Å². The van der Waals surface area contributed by atoms with Crippen molar-refractivity contribution < 1.29 is 51.7 Å². The molecule has 0 spiro atoms. The Kier molecular flexibility index (Phi) is 11.7. The van der Waals surface area contributed by atoms with E-state index in [4.69, 9.17) is 38.5 Å². The van der Waals surface area contributed by atoms with Crippen molar-refractivity contribution in [1.82, 2.24) is 19.7 Å². The first-order valence-electron chi connectivity index (χ1n) is 16.1. The zero-order chi connectivity index (χ0) is 35.9. The molecule has 18 heteroatoms. The third-order valence-corrected chi connectivity index (χ3v) is 9.69. The predicted octanol–water partition coefficient (Wildman–Crippen LogP) is 3.19. The van der Waals surface area contributed by atoms with Gasteiger partial charge in [-0.05, 0) is 31.2 Å². The Balaban J connectivity index is 1.49. The first kappa shape index (κ1) is 36.7. The van der Waals surface area contributed by atoms with Crippen LogP contribution in [0.2, 0.25) is 0 Å². The quantitative estimate of drug-likeness (QED) is 0.139. The second-order valence-corrected chi connectivity index (χ2v) is 13.3. The molecule has 3 N–H and O–H groups in total. The fourth-order valence-corrected chi connectivity index (χ4v) is 6.95. The molecule has 2 aromatic heterocycles. The number of anilines is 1. The molecule has 268 valence electrons. The zero-order valence-corrected chi connectivity index (χ0v) is 28.7. The van der Waals surface area contributed by atoms with Gasteiger partial charge in [0, 0.05) is 25.7 Å². The summed E-state index contributed by atoms with van der Waals surface area (Å²) in [6.45, 7) is 4.56. The van der Waals surface area contributed by atoms with Crippen molar-refractivity contribution in [2.75, 3.05) is 25.6 Å². The molecule has 3 aromatic rings. The van der Waals surface area contributed by atoms with Crippen LogP contribution < -0.4 is 15.3 Å². The molecule has 2 aliphatic rings. The number of carbonyl (C=O) groups is 3. The molecule has 6 atom stereocenters. The van der Waals surface area contributed by atoms with Crippen molar-refractivity contribution in [1.29, 1.82) is 5.26 Å². The Morgan fingerprint density at radius 2 is 1.80 bits per heavy atom. The second kappa shape index (κ2) is 16.0. The molecule has 2 aliphatic heterocycles. The minimum absolute atomic E-state index is 0.0519. The van der Waals surface area contributed by atoms with Crippen LogP contribution in [0.25, 0.3) is 5.52 Å². The van der Waals surface area contributed by atoms with Crippen LogP contribution in [-0.4, -0.2) is 82.3 Å². The Morgan fingerprint density at radius 1 is 1.10 bits per heavy atom. The van der Waals surface area contributed by atoms with Gasteiger partial charge < -0.3 is 33.9 Å². The van der Waals surface area contributed by atoms with Gasteiger partial charge in [0.1, 0.15) is 48.5 Å². The second-order valence-electron chi connectivity index (χ2n) is 11.6. The number of para-hydroxylation sites is 1. The Hall–Kier alpha value is -4.59. The van der Waals surface area contributed by atoms with E-state index in [1.165, 1.54) is 29.9 Å². The highest BCUT2D eigenvalue weighted by atomic mass is 31.2. The van der Waals surface area contributed by atoms with E-state index in [1.54, 1.807) is 44.2 Å². The van der Waals surface area contributed by atoms with Crippen LogP contribution in [-0.2, 0) is 47.2 Å². The molecule has 2 saturated heterocycles. The minimum Gasteiger partial charge on any atom is -0.461 e. The number of nitrogens with one attached hydrogen (secondary N) is 1. The SMILES string of the molecule is CCC(=O)O[C@H]1[C@H](c2ccc3c(N)ncnn23)O[C@](C#N)(CO[P@](=O)(N[C@@H](C)C(=O)OC2CCOCC2)Oc2ccccc2)[C@H]1OC(=O)CC. The first-order chi connectivity index (χ1) is 24.0. The number of hydrogen-bond acceptors (Lipinski definition) is 15. The lowest BCUT2D eigenvalue weighted by Crippen LogP contribution is -2.49. The number of nitriles is 1. The maximum Gasteiger partial charge on any atom is 0.459 e. The average Bonchev–Trinajstić information content (AvgIpc) is 3.68. The molecule has 0 aliphatic carbocycles. The van der Waals surface area contributed by atoms with E-state index in [0.29, 0.717) is 31.6 Å². The molecule has 2 fully saturated rings. The number of esters is 3. The van der Waals surface area contributed by atoms with Gasteiger partial charge in [0.15, 0.2) is 18.0 Å². The maximum atomic E-state index is 14.4. The monoisotopic (exact) mass is 714 g/mol. The summed E-state index contributed by atoms with van der Waals surface area (Å²) in [6.07, 6.45) is -2.57. The molecular weight excluding hydrogens is 675 g/mol. The van der Waals surface area contributed by atoms with E-state index >= 15 is 0 Å². The fourth-order valence-electron chi connectivity index (χ4n) is 5.43. The van der Waals surface area contributed by atoms with E-state index in [-0.39, 0.29) is 36.2 Å². The first-order valence-corrected chi connectivity index (χ1v) is 17.7. The van der Waals surface area contributed by atoms with E-state index in [9.17, 15) is 24.2 Å². The zero-order valence-electron chi connectivity index (χ0n) is 27.8. The van der Waals surface area contributed by atoms with Crippen molar-refractivity contribution in [3.63, 3.8) is 0 Å². The Morgan fingerprint density at radius 3 is 2.48 bits per heavy atom. The maximum absolute atomic E-state index is 14.4. The highest BCUT2D eigenvalue weighted by Crippen LogP contribution is 2.50. The molecule has 0 unspecified atom stereocenters. The molecule has 17 nitrogen and oxygen atoms in total. The number of fused-ring (bicyclic) bond motifs is 1. The predicted molar refractivity (Wildman–Crippen MR) is 173 cm³/mol. The number of nitrogens with two attached hydrogens (primary N) is 1. The van der Waals surface area contributed by atoms with Gasteiger partial charge in [-0.25, -0.2) is 14.1 Å². The molecule has 1 aromatic carbocycles. The summed E-state index contributed by atoms with van der Waals surface area (Å²) in [5, 5.41) is 17.6. The number of hydrogen-bond donors (Lipinski definition) is 2. The van der Waals surface area contributed by atoms with Crippen LogP contribution in [0.15, 0.2) is 48.8 Å². The van der Waals surface area contributed by atoms with Crippen LogP contribution in [0.4, 0.5) is 5.82 Å². The number of nitrogens with zero attached hydrogens (tertiary/aromatic N) is 4. The Bertz CT molecular complexity index is 1760. The summed E-state index contributed by atoms with van der Waals surface area (Å²) in [6, 6.07) is 12.0. The van der Waals surface area contributed by atoms with Crippen LogP contribution in [0.1, 0.15) is 58.3 Å². The molecule has 0 radical (unpaired) electrons. The molecule has 50 heavy (non-hydrogen) atoms.